The zero-order valence-electron chi connectivity index (χ0n) is 16.8. The summed E-state index contributed by atoms with van der Waals surface area (Å²) in [5, 5.41) is 7.18. The van der Waals surface area contributed by atoms with Gasteiger partial charge in [0.2, 0.25) is 0 Å². The standard InChI is InChI=1S/C19H32N4O3/c1-19(2,3)26-18(24)21-16-12-15(20)14(11-17(16)25-6)13-7-9-23(10-8-13)22(4)5/h11-13H,7-10,20H2,1-6H3,(H,21,24). The van der Waals surface area contributed by atoms with Crippen molar-refractivity contribution in [3.8, 4) is 5.75 Å². The summed E-state index contributed by atoms with van der Waals surface area (Å²) in [6.07, 6.45) is 1.54. The topological polar surface area (TPSA) is 80.1 Å². The summed E-state index contributed by atoms with van der Waals surface area (Å²) in [7, 11) is 5.72. The van der Waals surface area contributed by atoms with Crippen molar-refractivity contribution < 1.29 is 14.3 Å². The summed E-state index contributed by atoms with van der Waals surface area (Å²) in [4.78, 5) is 12.1. The van der Waals surface area contributed by atoms with Gasteiger partial charge in [0, 0.05) is 32.9 Å². The molecule has 1 aromatic rings. The maximum Gasteiger partial charge on any atom is 0.412 e. The van der Waals surface area contributed by atoms with Gasteiger partial charge in [0.25, 0.3) is 0 Å². The molecule has 1 heterocycles. The Kier molecular flexibility index (Phi) is 6.36. The molecule has 0 aliphatic carbocycles. The van der Waals surface area contributed by atoms with Gasteiger partial charge in [0.05, 0.1) is 12.8 Å². The zero-order valence-corrected chi connectivity index (χ0v) is 16.8. The highest BCUT2D eigenvalue weighted by molar-refractivity contribution is 5.88. The third-order valence-corrected chi connectivity index (χ3v) is 4.52. The molecule has 0 atom stereocenters. The third-order valence-electron chi connectivity index (χ3n) is 4.52. The van der Waals surface area contributed by atoms with Gasteiger partial charge in [0.15, 0.2) is 0 Å². The Labute approximate surface area is 156 Å². The number of nitrogens with zero attached hydrogens (tertiary/aromatic N) is 2. The molecule has 1 aliphatic rings. The number of ether oxygens (including phenoxy) is 2. The molecule has 0 spiro atoms. The molecule has 1 aliphatic heterocycles. The van der Waals surface area contributed by atoms with E-state index in [2.05, 4.69) is 29.4 Å². The van der Waals surface area contributed by atoms with Crippen LogP contribution < -0.4 is 15.8 Å². The normalized spacial score (nSPS) is 16.6. The van der Waals surface area contributed by atoms with Crippen LogP contribution in [0.5, 0.6) is 5.75 Å². The number of hydrogen-bond acceptors (Lipinski definition) is 6. The van der Waals surface area contributed by atoms with Gasteiger partial charge >= 0.3 is 6.09 Å². The van der Waals surface area contributed by atoms with Crippen LogP contribution in [0.3, 0.4) is 0 Å². The predicted molar refractivity (Wildman–Crippen MR) is 104 cm³/mol. The van der Waals surface area contributed by atoms with E-state index in [4.69, 9.17) is 15.2 Å². The van der Waals surface area contributed by atoms with Gasteiger partial charge in [-0.15, -0.1) is 0 Å². The van der Waals surface area contributed by atoms with Crippen LogP contribution in [0, 0.1) is 0 Å². The summed E-state index contributed by atoms with van der Waals surface area (Å²) in [6, 6.07) is 3.70. The Morgan fingerprint density at radius 1 is 1.27 bits per heavy atom. The van der Waals surface area contributed by atoms with Gasteiger partial charge in [-0.3, -0.25) is 5.32 Å². The minimum Gasteiger partial charge on any atom is -0.495 e. The van der Waals surface area contributed by atoms with Crippen molar-refractivity contribution in [1.82, 2.24) is 10.0 Å². The first-order valence-corrected chi connectivity index (χ1v) is 9.00. The Morgan fingerprint density at radius 2 is 1.88 bits per heavy atom. The SMILES string of the molecule is COc1cc(C2CCN(N(C)C)CC2)c(N)cc1NC(=O)OC(C)(C)C. The van der Waals surface area contributed by atoms with Crippen molar-refractivity contribution in [2.45, 2.75) is 45.1 Å². The molecule has 0 unspecified atom stereocenters. The van der Waals surface area contributed by atoms with Crippen LogP contribution in [-0.2, 0) is 4.74 Å². The number of carbonyl (C=O) groups is 1. The number of hydrazine groups is 1. The summed E-state index contributed by atoms with van der Waals surface area (Å²) in [5.74, 6) is 0.978. The fourth-order valence-electron chi connectivity index (χ4n) is 3.22. The monoisotopic (exact) mass is 364 g/mol. The molecule has 0 bridgehead atoms. The van der Waals surface area contributed by atoms with E-state index in [0.29, 0.717) is 23.0 Å². The molecule has 26 heavy (non-hydrogen) atoms. The van der Waals surface area contributed by atoms with Crippen molar-refractivity contribution in [1.29, 1.82) is 0 Å². The minimum absolute atomic E-state index is 0.385. The number of carbonyl (C=O) groups excluding carboxylic acids is 1. The number of rotatable bonds is 4. The molecule has 1 fully saturated rings. The average molecular weight is 364 g/mol. The number of hydrogen-bond donors (Lipinski definition) is 2. The van der Waals surface area contributed by atoms with Gasteiger partial charge in [0.1, 0.15) is 11.4 Å². The van der Waals surface area contributed by atoms with E-state index in [1.165, 1.54) is 0 Å². The molecule has 7 nitrogen and oxygen atoms in total. The lowest BCUT2D eigenvalue weighted by molar-refractivity contribution is 0.00237. The predicted octanol–water partition coefficient (Wildman–Crippen LogP) is 3.28. The molecule has 1 aromatic carbocycles. The third kappa shape index (κ3) is 5.25. The minimum atomic E-state index is -0.566. The maximum atomic E-state index is 12.1. The van der Waals surface area contributed by atoms with E-state index < -0.39 is 11.7 Å². The molecule has 0 saturated carbocycles. The Hall–Kier alpha value is -1.99. The van der Waals surface area contributed by atoms with Gasteiger partial charge in [-0.25, -0.2) is 14.8 Å². The fourth-order valence-corrected chi connectivity index (χ4v) is 3.22. The lowest BCUT2D eigenvalue weighted by Crippen LogP contribution is -2.42. The quantitative estimate of drug-likeness (QED) is 0.798. The second-order valence-electron chi connectivity index (χ2n) is 7.88. The fraction of sp³-hybridized carbons (Fsp3) is 0.632. The molecular formula is C19H32N4O3. The number of methoxy groups -OCH3 is 1. The number of nitrogens with one attached hydrogen (secondary N) is 1. The summed E-state index contributed by atoms with van der Waals surface area (Å²) >= 11 is 0. The molecule has 1 amide bonds. The summed E-state index contributed by atoms with van der Waals surface area (Å²) in [6.45, 7) is 7.46. The second-order valence-corrected chi connectivity index (χ2v) is 7.88. The van der Waals surface area contributed by atoms with Gasteiger partial charge in [-0.05, 0) is 57.2 Å². The van der Waals surface area contributed by atoms with Crippen LogP contribution in [0.1, 0.15) is 45.1 Å². The van der Waals surface area contributed by atoms with Crippen molar-refractivity contribution >= 4 is 17.5 Å². The van der Waals surface area contributed by atoms with Crippen molar-refractivity contribution in [3.05, 3.63) is 17.7 Å². The van der Waals surface area contributed by atoms with E-state index in [0.717, 1.165) is 31.5 Å². The van der Waals surface area contributed by atoms with Crippen molar-refractivity contribution in [3.63, 3.8) is 0 Å². The summed E-state index contributed by atoms with van der Waals surface area (Å²) in [5.41, 5.74) is 8.00. The van der Waals surface area contributed by atoms with Crippen LogP contribution in [0.4, 0.5) is 16.2 Å². The Bertz CT molecular complexity index is 632. The summed E-state index contributed by atoms with van der Waals surface area (Å²) < 4.78 is 10.8. The highest BCUT2D eigenvalue weighted by atomic mass is 16.6. The van der Waals surface area contributed by atoms with E-state index in [1.807, 2.05) is 26.8 Å². The highest BCUT2D eigenvalue weighted by Crippen LogP contribution is 2.38. The smallest absolute Gasteiger partial charge is 0.412 e. The lowest BCUT2D eigenvalue weighted by Gasteiger charge is -2.36. The van der Waals surface area contributed by atoms with E-state index in [9.17, 15) is 4.79 Å². The molecular weight excluding hydrogens is 332 g/mol. The Morgan fingerprint density at radius 3 is 2.38 bits per heavy atom. The van der Waals surface area contributed by atoms with E-state index in [1.54, 1.807) is 13.2 Å². The van der Waals surface area contributed by atoms with Crippen LogP contribution in [0.2, 0.25) is 0 Å². The van der Waals surface area contributed by atoms with E-state index >= 15 is 0 Å². The van der Waals surface area contributed by atoms with Crippen molar-refractivity contribution in [2.75, 3.05) is 45.3 Å². The first kappa shape index (κ1) is 20.3. The molecule has 0 radical (unpaired) electrons. The first-order chi connectivity index (χ1) is 12.1. The van der Waals surface area contributed by atoms with Gasteiger partial charge in [-0.1, -0.05) is 0 Å². The van der Waals surface area contributed by atoms with Crippen LogP contribution in [0.15, 0.2) is 12.1 Å². The molecule has 146 valence electrons. The largest absolute Gasteiger partial charge is 0.495 e. The lowest BCUT2D eigenvalue weighted by atomic mass is 9.88. The second kappa shape index (κ2) is 8.14. The first-order valence-electron chi connectivity index (χ1n) is 9.00. The van der Waals surface area contributed by atoms with Crippen LogP contribution in [-0.4, -0.2) is 56.0 Å². The maximum absolute atomic E-state index is 12.1. The average Bonchev–Trinajstić information content (AvgIpc) is 2.53. The number of anilines is 2. The Balaban J connectivity index is 2.15. The molecule has 7 heteroatoms. The molecule has 2 rings (SSSR count). The number of nitrogens with two attached hydrogens (primary N) is 1. The van der Waals surface area contributed by atoms with Crippen LogP contribution >= 0.6 is 0 Å². The number of piperidine rings is 1. The zero-order chi connectivity index (χ0) is 19.5. The number of benzene rings is 1. The molecule has 1 saturated heterocycles. The van der Waals surface area contributed by atoms with Gasteiger partial charge in [-0.2, -0.15) is 0 Å². The number of amides is 1. The van der Waals surface area contributed by atoms with Crippen LogP contribution in [0.25, 0.3) is 0 Å². The van der Waals surface area contributed by atoms with E-state index in [-0.39, 0.29) is 0 Å². The molecule has 0 aromatic heterocycles. The van der Waals surface area contributed by atoms with Crippen molar-refractivity contribution in [2.24, 2.45) is 0 Å². The number of nitrogen functional groups attached to an aromatic ring is 1. The van der Waals surface area contributed by atoms with Gasteiger partial charge < -0.3 is 15.2 Å². The highest BCUT2D eigenvalue weighted by Gasteiger charge is 2.25. The molecule has 3 N–H and O–H groups in total.